The average Bonchev–Trinajstić information content (AvgIpc) is 2.48. The van der Waals surface area contributed by atoms with Crippen LogP contribution in [-0.2, 0) is 0 Å². The molecule has 2 nitrogen and oxygen atoms in total. The normalized spacial score (nSPS) is 12.2. The molecule has 0 aliphatic rings. The van der Waals surface area contributed by atoms with Gasteiger partial charge in [0.1, 0.15) is 11.5 Å². The molecule has 106 valence electrons. The summed E-state index contributed by atoms with van der Waals surface area (Å²) < 4.78 is 6.05. The van der Waals surface area contributed by atoms with Crippen molar-refractivity contribution in [1.82, 2.24) is 5.32 Å². The summed E-state index contributed by atoms with van der Waals surface area (Å²) in [5, 5.41) is 3.50. The van der Waals surface area contributed by atoms with Crippen molar-refractivity contribution in [3.63, 3.8) is 0 Å². The molecule has 0 aliphatic heterocycles. The summed E-state index contributed by atoms with van der Waals surface area (Å²) in [5.41, 5.74) is 2.46. The van der Waals surface area contributed by atoms with Gasteiger partial charge in [-0.05, 0) is 38.1 Å². The minimum Gasteiger partial charge on any atom is -0.457 e. The molecule has 0 spiro atoms. The van der Waals surface area contributed by atoms with Gasteiger partial charge in [0.2, 0.25) is 0 Å². The Kier molecular flexibility index (Phi) is 5.19. The third kappa shape index (κ3) is 3.61. The fourth-order valence-corrected chi connectivity index (χ4v) is 2.32. The highest BCUT2D eigenvalue weighted by Crippen LogP contribution is 2.31. The first-order chi connectivity index (χ1) is 9.74. The molecule has 1 unspecified atom stereocenters. The van der Waals surface area contributed by atoms with Gasteiger partial charge in [0.15, 0.2) is 0 Å². The summed E-state index contributed by atoms with van der Waals surface area (Å²) in [5.74, 6) is 1.82. The van der Waals surface area contributed by atoms with Gasteiger partial charge in [0.05, 0.1) is 0 Å². The number of ether oxygens (including phenoxy) is 1. The van der Waals surface area contributed by atoms with Gasteiger partial charge in [-0.1, -0.05) is 49.7 Å². The quantitative estimate of drug-likeness (QED) is 0.809. The van der Waals surface area contributed by atoms with Crippen molar-refractivity contribution in [1.29, 1.82) is 0 Å². The molecule has 2 rings (SSSR count). The van der Waals surface area contributed by atoms with E-state index in [1.165, 1.54) is 11.1 Å². The lowest BCUT2D eigenvalue weighted by molar-refractivity contribution is 0.453. The van der Waals surface area contributed by atoms with Crippen LogP contribution in [0.1, 0.15) is 37.4 Å². The van der Waals surface area contributed by atoms with E-state index >= 15 is 0 Å². The van der Waals surface area contributed by atoms with Gasteiger partial charge in [-0.2, -0.15) is 0 Å². The number of rotatable bonds is 6. The predicted octanol–water partition coefficient (Wildman–Crippen LogP) is 4.85. The van der Waals surface area contributed by atoms with Crippen LogP contribution in [0, 0.1) is 6.92 Å². The molecular weight excluding hydrogens is 246 g/mol. The first-order valence-electron chi connectivity index (χ1n) is 7.31. The van der Waals surface area contributed by atoms with Crippen LogP contribution in [0.2, 0.25) is 0 Å². The van der Waals surface area contributed by atoms with Crippen LogP contribution < -0.4 is 10.1 Å². The molecule has 0 aliphatic carbocycles. The Balaban J connectivity index is 2.25. The van der Waals surface area contributed by atoms with Crippen molar-refractivity contribution in [2.45, 2.75) is 33.2 Å². The van der Waals surface area contributed by atoms with Gasteiger partial charge in [-0.15, -0.1) is 0 Å². The summed E-state index contributed by atoms with van der Waals surface area (Å²) >= 11 is 0. The van der Waals surface area contributed by atoms with Crippen LogP contribution >= 0.6 is 0 Å². The molecule has 0 aromatic heterocycles. The van der Waals surface area contributed by atoms with Crippen LogP contribution in [0.3, 0.4) is 0 Å². The Morgan fingerprint density at radius 1 is 1.00 bits per heavy atom. The maximum Gasteiger partial charge on any atom is 0.132 e. The van der Waals surface area contributed by atoms with Crippen molar-refractivity contribution in [3.8, 4) is 11.5 Å². The summed E-state index contributed by atoms with van der Waals surface area (Å²) in [6, 6.07) is 16.8. The third-order valence-electron chi connectivity index (χ3n) is 3.40. The van der Waals surface area contributed by atoms with Gasteiger partial charge < -0.3 is 10.1 Å². The number of nitrogens with one attached hydrogen (secondary N) is 1. The van der Waals surface area contributed by atoms with Crippen LogP contribution in [-0.4, -0.2) is 6.54 Å². The maximum absolute atomic E-state index is 6.05. The number of aryl methyl sites for hydroxylation is 1. The zero-order valence-corrected chi connectivity index (χ0v) is 12.5. The number of benzene rings is 2. The lowest BCUT2D eigenvalue weighted by Crippen LogP contribution is -2.20. The largest absolute Gasteiger partial charge is 0.457 e. The van der Waals surface area contributed by atoms with Crippen molar-refractivity contribution in [2.24, 2.45) is 0 Å². The molecule has 2 aromatic carbocycles. The molecular formula is C18H23NO. The summed E-state index contributed by atoms with van der Waals surface area (Å²) in [6.07, 6.45) is 1.04. The molecule has 0 saturated heterocycles. The summed E-state index contributed by atoms with van der Waals surface area (Å²) in [6.45, 7) is 7.36. The minimum atomic E-state index is 0.335. The van der Waals surface area contributed by atoms with Gasteiger partial charge in [0.25, 0.3) is 0 Å². The topological polar surface area (TPSA) is 21.3 Å². The Morgan fingerprint density at radius 3 is 2.35 bits per heavy atom. The second kappa shape index (κ2) is 7.11. The van der Waals surface area contributed by atoms with Crippen molar-refractivity contribution >= 4 is 0 Å². The second-order valence-corrected chi connectivity index (χ2v) is 4.97. The first kappa shape index (κ1) is 14.6. The molecule has 2 heteroatoms. The van der Waals surface area contributed by atoms with E-state index in [9.17, 15) is 0 Å². The average molecular weight is 269 g/mol. The van der Waals surface area contributed by atoms with E-state index in [4.69, 9.17) is 4.74 Å². The standard InChI is InChI=1S/C18H23NO/c1-4-17(19-5-2)16-8-6-7-9-18(16)20-15-12-10-14(3)11-13-15/h6-13,17,19H,4-5H2,1-3H3. The maximum atomic E-state index is 6.05. The fraction of sp³-hybridized carbons (Fsp3) is 0.333. The molecule has 0 heterocycles. The number of hydrogen-bond donors (Lipinski definition) is 1. The Bertz CT molecular complexity index is 533. The van der Waals surface area contributed by atoms with E-state index in [1.807, 2.05) is 24.3 Å². The van der Waals surface area contributed by atoms with Crippen molar-refractivity contribution in [2.75, 3.05) is 6.54 Å². The highest BCUT2D eigenvalue weighted by Gasteiger charge is 2.13. The zero-order chi connectivity index (χ0) is 14.4. The van der Waals surface area contributed by atoms with Crippen LogP contribution in [0.5, 0.6) is 11.5 Å². The van der Waals surface area contributed by atoms with E-state index in [0.717, 1.165) is 24.5 Å². The third-order valence-corrected chi connectivity index (χ3v) is 3.40. The highest BCUT2D eigenvalue weighted by molar-refractivity contribution is 5.40. The van der Waals surface area contributed by atoms with Crippen LogP contribution in [0.4, 0.5) is 0 Å². The SMILES string of the molecule is CCNC(CC)c1ccccc1Oc1ccc(C)cc1. The lowest BCUT2D eigenvalue weighted by atomic mass is 10.0. The van der Waals surface area contributed by atoms with Gasteiger partial charge in [-0.25, -0.2) is 0 Å². The minimum absolute atomic E-state index is 0.335. The Labute approximate surface area is 121 Å². The second-order valence-electron chi connectivity index (χ2n) is 4.97. The monoisotopic (exact) mass is 269 g/mol. The van der Waals surface area contributed by atoms with Gasteiger partial charge in [-0.3, -0.25) is 0 Å². The Morgan fingerprint density at radius 2 is 1.70 bits per heavy atom. The molecule has 1 atom stereocenters. The summed E-state index contributed by atoms with van der Waals surface area (Å²) in [4.78, 5) is 0. The zero-order valence-electron chi connectivity index (χ0n) is 12.5. The molecule has 0 bridgehead atoms. The van der Waals surface area contributed by atoms with E-state index < -0.39 is 0 Å². The van der Waals surface area contributed by atoms with Crippen LogP contribution in [0.15, 0.2) is 48.5 Å². The lowest BCUT2D eigenvalue weighted by Gasteiger charge is -2.20. The molecule has 20 heavy (non-hydrogen) atoms. The van der Waals surface area contributed by atoms with E-state index in [2.05, 4.69) is 50.4 Å². The first-order valence-corrected chi connectivity index (χ1v) is 7.31. The molecule has 0 fully saturated rings. The van der Waals surface area contributed by atoms with Crippen molar-refractivity contribution in [3.05, 3.63) is 59.7 Å². The number of para-hydroxylation sites is 1. The van der Waals surface area contributed by atoms with E-state index in [0.29, 0.717) is 6.04 Å². The van der Waals surface area contributed by atoms with Crippen LogP contribution in [0.25, 0.3) is 0 Å². The van der Waals surface area contributed by atoms with Gasteiger partial charge in [0, 0.05) is 11.6 Å². The molecule has 0 amide bonds. The van der Waals surface area contributed by atoms with E-state index in [1.54, 1.807) is 0 Å². The molecule has 2 aromatic rings. The molecule has 0 radical (unpaired) electrons. The predicted molar refractivity (Wildman–Crippen MR) is 84.4 cm³/mol. The number of hydrogen-bond acceptors (Lipinski definition) is 2. The molecule has 1 N–H and O–H groups in total. The molecule has 0 saturated carbocycles. The van der Waals surface area contributed by atoms with Gasteiger partial charge >= 0.3 is 0 Å². The highest BCUT2D eigenvalue weighted by atomic mass is 16.5. The smallest absolute Gasteiger partial charge is 0.132 e. The Hall–Kier alpha value is -1.80. The van der Waals surface area contributed by atoms with E-state index in [-0.39, 0.29) is 0 Å². The summed E-state index contributed by atoms with van der Waals surface area (Å²) in [7, 11) is 0. The fourth-order valence-electron chi connectivity index (χ4n) is 2.32. The van der Waals surface area contributed by atoms with Crippen molar-refractivity contribution < 1.29 is 4.74 Å².